The fourth-order valence-electron chi connectivity index (χ4n) is 2.98. The number of aromatic nitrogens is 1. The molecule has 1 aromatic carbocycles. The van der Waals surface area contributed by atoms with Gasteiger partial charge in [-0.15, -0.1) is 0 Å². The van der Waals surface area contributed by atoms with E-state index in [1.807, 2.05) is 0 Å². The summed E-state index contributed by atoms with van der Waals surface area (Å²) in [5.41, 5.74) is 7.07. The highest BCUT2D eigenvalue weighted by Crippen LogP contribution is 2.30. The molecule has 0 spiro atoms. The lowest BCUT2D eigenvalue weighted by molar-refractivity contribution is -0.122. The van der Waals surface area contributed by atoms with E-state index in [1.165, 1.54) is 6.92 Å². The Morgan fingerprint density at radius 2 is 1.93 bits per heavy atom. The fourth-order valence-corrected chi connectivity index (χ4v) is 2.98. The molecule has 2 aromatic rings. The molecule has 0 saturated heterocycles. The van der Waals surface area contributed by atoms with Crippen LogP contribution in [0.4, 0.5) is 0 Å². The smallest absolute Gasteiger partial charge is 0.222 e. The first kappa shape index (κ1) is 21.3. The van der Waals surface area contributed by atoms with E-state index < -0.39 is 23.7 Å². The van der Waals surface area contributed by atoms with E-state index in [2.05, 4.69) is 10.3 Å². The van der Waals surface area contributed by atoms with Crippen molar-refractivity contribution in [3.8, 4) is 17.5 Å². The van der Waals surface area contributed by atoms with Gasteiger partial charge in [-0.25, -0.2) is 0 Å². The number of Topliss-reactive ketones (excluding diaryl/α,β-unsaturated/α-hetero) is 1. The predicted molar refractivity (Wildman–Crippen MR) is 104 cm³/mol. The molecule has 0 aliphatic heterocycles. The largest absolute Gasteiger partial charge is 0.497 e. The maximum Gasteiger partial charge on any atom is 0.222 e. The molecular formula is C20H27N3O5. The third-order valence-electron chi connectivity index (χ3n) is 4.64. The Morgan fingerprint density at radius 1 is 1.25 bits per heavy atom. The van der Waals surface area contributed by atoms with Crippen molar-refractivity contribution in [3.05, 3.63) is 41.0 Å². The van der Waals surface area contributed by atoms with Crippen molar-refractivity contribution in [3.63, 3.8) is 0 Å². The van der Waals surface area contributed by atoms with Gasteiger partial charge in [0.25, 0.3) is 0 Å². The van der Waals surface area contributed by atoms with E-state index >= 15 is 0 Å². The van der Waals surface area contributed by atoms with Gasteiger partial charge in [-0.3, -0.25) is 14.6 Å². The van der Waals surface area contributed by atoms with Gasteiger partial charge in [0.1, 0.15) is 5.75 Å². The van der Waals surface area contributed by atoms with Gasteiger partial charge in [0.2, 0.25) is 11.8 Å². The van der Waals surface area contributed by atoms with Crippen molar-refractivity contribution in [2.75, 3.05) is 7.11 Å². The number of hydrogen-bond donors (Lipinski definition) is 5. The van der Waals surface area contributed by atoms with Gasteiger partial charge < -0.3 is 26.0 Å². The Kier molecular flexibility index (Phi) is 6.69. The molecule has 1 unspecified atom stereocenters. The number of benzene rings is 1. The average Bonchev–Trinajstić information content (AvgIpc) is 2.90. The molecule has 0 bridgehead atoms. The predicted octanol–water partition coefficient (Wildman–Crippen LogP) is 2.16. The number of nitrogens with two attached hydrogens (primary N) is 1. The summed E-state index contributed by atoms with van der Waals surface area (Å²) in [6.07, 6.45) is -0.0208. The van der Waals surface area contributed by atoms with E-state index in [-0.39, 0.29) is 35.3 Å². The molecule has 1 aromatic heterocycles. The maximum atomic E-state index is 12.9. The van der Waals surface area contributed by atoms with Crippen molar-refractivity contribution < 1.29 is 24.5 Å². The topological polar surface area (TPSA) is 138 Å². The maximum absolute atomic E-state index is 12.9. The number of ether oxygens (including phenoxy) is 1. The first-order chi connectivity index (χ1) is 13.1. The highest BCUT2D eigenvalue weighted by Gasteiger charge is 2.31. The van der Waals surface area contributed by atoms with Gasteiger partial charge in [-0.2, -0.15) is 0 Å². The van der Waals surface area contributed by atoms with E-state index in [1.54, 1.807) is 45.2 Å². The van der Waals surface area contributed by atoms with Gasteiger partial charge >= 0.3 is 0 Å². The summed E-state index contributed by atoms with van der Waals surface area (Å²) in [5.74, 6) is -1.17. The second-order valence-electron chi connectivity index (χ2n) is 7.06. The Hall–Kier alpha value is -3.00. The van der Waals surface area contributed by atoms with Crippen molar-refractivity contribution in [2.24, 2.45) is 11.7 Å². The highest BCUT2D eigenvalue weighted by atomic mass is 16.5. The standard InChI is InChI=1S/C20H27N3O5/c1-10(2)17(18(25)16-11(3)19(26)23-20(16)27)22-15(24)9-14(21)12-6-5-7-13(8-12)28-4/h5-8,10,14,17,23,26-27H,9,21H2,1-4H3,(H,22,24)/t14?,17-/m0/s1. The number of H-pyrrole nitrogens is 1. The first-order valence-corrected chi connectivity index (χ1v) is 8.99. The second kappa shape index (κ2) is 8.79. The van der Waals surface area contributed by atoms with Crippen LogP contribution in [0.25, 0.3) is 0 Å². The lowest BCUT2D eigenvalue weighted by Gasteiger charge is -2.22. The summed E-state index contributed by atoms with van der Waals surface area (Å²) < 4.78 is 5.16. The lowest BCUT2D eigenvalue weighted by Crippen LogP contribution is -2.45. The Bertz CT molecular complexity index is 860. The minimum absolute atomic E-state index is 0.0208. The van der Waals surface area contributed by atoms with Gasteiger partial charge in [0, 0.05) is 18.0 Å². The van der Waals surface area contributed by atoms with Crippen LogP contribution in [0.2, 0.25) is 0 Å². The van der Waals surface area contributed by atoms with Gasteiger partial charge in [-0.05, 0) is 30.5 Å². The summed E-state index contributed by atoms with van der Waals surface area (Å²) in [7, 11) is 1.55. The number of amides is 1. The highest BCUT2D eigenvalue weighted by molar-refractivity contribution is 6.05. The van der Waals surface area contributed by atoms with Gasteiger partial charge in [0.05, 0.1) is 18.7 Å². The number of carbonyl (C=O) groups excluding carboxylic acids is 2. The summed E-state index contributed by atoms with van der Waals surface area (Å²) in [6.45, 7) is 5.07. The molecular weight excluding hydrogens is 362 g/mol. The van der Waals surface area contributed by atoms with E-state index in [4.69, 9.17) is 10.5 Å². The molecule has 6 N–H and O–H groups in total. The summed E-state index contributed by atoms with van der Waals surface area (Å²) in [4.78, 5) is 27.7. The number of rotatable bonds is 8. The number of carbonyl (C=O) groups is 2. The number of hydrogen-bond acceptors (Lipinski definition) is 6. The Morgan fingerprint density at radius 3 is 2.46 bits per heavy atom. The normalized spacial score (nSPS) is 13.2. The van der Waals surface area contributed by atoms with Crippen LogP contribution in [0.15, 0.2) is 24.3 Å². The third-order valence-corrected chi connectivity index (χ3v) is 4.64. The molecule has 2 atom stereocenters. The third kappa shape index (κ3) is 4.64. The van der Waals surface area contributed by atoms with Crippen LogP contribution < -0.4 is 15.8 Å². The monoisotopic (exact) mass is 389 g/mol. The number of aromatic hydroxyl groups is 2. The van der Waals surface area contributed by atoms with Crippen molar-refractivity contribution >= 4 is 11.7 Å². The zero-order valence-corrected chi connectivity index (χ0v) is 16.4. The lowest BCUT2D eigenvalue weighted by atomic mass is 9.93. The van der Waals surface area contributed by atoms with Crippen molar-refractivity contribution in [1.82, 2.24) is 10.3 Å². The molecule has 8 nitrogen and oxygen atoms in total. The van der Waals surface area contributed by atoms with Crippen LogP contribution in [0.5, 0.6) is 17.5 Å². The molecule has 152 valence electrons. The summed E-state index contributed by atoms with van der Waals surface area (Å²) in [6, 6.07) is 5.69. The molecule has 0 fully saturated rings. The van der Waals surface area contributed by atoms with Crippen LogP contribution in [0.3, 0.4) is 0 Å². The van der Waals surface area contributed by atoms with Crippen LogP contribution >= 0.6 is 0 Å². The number of methoxy groups -OCH3 is 1. The average molecular weight is 389 g/mol. The summed E-state index contributed by atoms with van der Waals surface area (Å²) in [5, 5.41) is 22.3. The molecule has 1 heterocycles. The zero-order chi connectivity index (χ0) is 21.0. The van der Waals surface area contributed by atoms with E-state index in [0.717, 1.165) is 5.56 Å². The van der Waals surface area contributed by atoms with E-state index in [9.17, 15) is 19.8 Å². The quantitative estimate of drug-likeness (QED) is 0.439. The molecule has 0 saturated carbocycles. The Labute approximate surface area is 163 Å². The molecule has 0 aliphatic carbocycles. The van der Waals surface area contributed by atoms with Crippen molar-refractivity contribution in [2.45, 2.75) is 39.3 Å². The zero-order valence-electron chi connectivity index (χ0n) is 16.4. The fraction of sp³-hybridized carbons (Fsp3) is 0.400. The molecule has 2 rings (SSSR count). The van der Waals surface area contributed by atoms with Crippen LogP contribution in [0.1, 0.15) is 47.8 Å². The van der Waals surface area contributed by atoms with Gasteiger partial charge in [0.15, 0.2) is 11.7 Å². The number of nitrogens with one attached hydrogen (secondary N) is 2. The first-order valence-electron chi connectivity index (χ1n) is 8.99. The van der Waals surface area contributed by atoms with Crippen molar-refractivity contribution in [1.29, 1.82) is 0 Å². The molecule has 0 radical (unpaired) electrons. The van der Waals surface area contributed by atoms with Crippen LogP contribution in [-0.2, 0) is 4.79 Å². The number of aromatic amines is 1. The van der Waals surface area contributed by atoms with E-state index in [0.29, 0.717) is 5.75 Å². The SMILES string of the molecule is COc1cccc(C(N)CC(=O)N[C@H](C(=O)c2c(O)[nH]c(O)c2C)C(C)C)c1. The minimum Gasteiger partial charge on any atom is -0.497 e. The minimum atomic E-state index is -0.871. The summed E-state index contributed by atoms with van der Waals surface area (Å²) >= 11 is 0. The molecule has 1 amide bonds. The van der Waals surface area contributed by atoms with Gasteiger partial charge in [-0.1, -0.05) is 26.0 Å². The Balaban J connectivity index is 2.13. The van der Waals surface area contributed by atoms with Crippen LogP contribution in [0, 0.1) is 12.8 Å². The number of ketones is 1. The van der Waals surface area contributed by atoms with Crippen LogP contribution in [-0.4, -0.2) is 40.0 Å². The molecule has 8 heteroatoms. The molecule has 0 aliphatic rings. The second-order valence-corrected chi connectivity index (χ2v) is 7.06. The molecule has 28 heavy (non-hydrogen) atoms.